The number of pyridine rings is 1. The number of likely N-dealkylation sites (N-methyl/N-ethyl adjacent to an activating group) is 1. The second-order valence-corrected chi connectivity index (χ2v) is 7.99. The number of urea groups is 1. The van der Waals surface area contributed by atoms with Crippen molar-refractivity contribution < 1.29 is 14.3 Å². The first-order valence-corrected chi connectivity index (χ1v) is 10.1. The van der Waals surface area contributed by atoms with Gasteiger partial charge in [-0.3, -0.25) is 9.69 Å². The van der Waals surface area contributed by atoms with Crippen molar-refractivity contribution >= 4 is 29.4 Å². The summed E-state index contributed by atoms with van der Waals surface area (Å²) in [5.74, 6) is 0.905. The van der Waals surface area contributed by atoms with E-state index in [1.807, 2.05) is 18.7 Å². The zero-order valence-corrected chi connectivity index (χ0v) is 17.7. The number of hydrogen-bond acceptors (Lipinski definition) is 7. The molecule has 30 heavy (non-hydrogen) atoms. The number of nitrogens with zero attached hydrogens (tertiary/aromatic N) is 5. The van der Waals surface area contributed by atoms with Crippen molar-refractivity contribution in [1.29, 1.82) is 0 Å². The van der Waals surface area contributed by atoms with Crippen molar-refractivity contribution in [2.45, 2.75) is 38.3 Å². The maximum Gasteiger partial charge on any atom is 0.326 e. The normalized spacial score (nSPS) is 24.3. The first-order chi connectivity index (χ1) is 14.3. The third-order valence-corrected chi connectivity index (χ3v) is 6.06. The SMILES string of the molecule is CNC(=O)c1cc(C)c(NC2=NCC3(C)C(=N2)N(C2CCOCC2)C(=O)N3C)cn1. The van der Waals surface area contributed by atoms with Crippen LogP contribution >= 0.6 is 0 Å². The van der Waals surface area contributed by atoms with Crippen molar-refractivity contribution in [3.05, 3.63) is 23.5 Å². The molecule has 0 saturated carbocycles. The second-order valence-electron chi connectivity index (χ2n) is 7.99. The van der Waals surface area contributed by atoms with Gasteiger partial charge in [-0.05, 0) is 38.3 Å². The molecule has 10 heteroatoms. The number of amides is 3. The maximum absolute atomic E-state index is 13.0. The topological polar surface area (TPSA) is 112 Å². The summed E-state index contributed by atoms with van der Waals surface area (Å²) < 4.78 is 5.47. The molecule has 2 fully saturated rings. The van der Waals surface area contributed by atoms with Crippen LogP contribution in [-0.2, 0) is 4.74 Å². The predicted octanol–water partition coefficient (Wildman–Crippen LogP) is 1.23. The minimum atomic E-state index is -0.572. The number of nitrogens with one attached hydrogen (secondary N) is 2. The standard InChI is InChI=1S/C20H27N7O3/c1-12-9-14(16(28)21-3)22-10-15(12)24-18-23-11-20(2)17(25-18)27(19(29)26(20)4)13-5-7-30-8-6-13/h9-10,13H,5-8,11H2,1-4H3,(H,21,28)(H,23,24). The first kappa shape index (κ1) is 20.3. The number of rotatable bonds is 3. The van der Waals surface area contributed by atoms with E-state index in [1.165, 1.54) is 0 Å². The number of aromatic nitrogens is 1. The van der Waals surface area contributed by atoms with Gasteiger partial charge in [0.2, 0.25) is 5.96 Å². The van der Waals surface area contributed by atoms with Gasteiger partial charge in [-0.15, -0.1) is 0 Å². The van der Waals surface area contributed by atoms with Crippen LogP contribution < -0.4 is 10.6 Å². The molecule has 4 heterocycles. The third-order valence-electron chi connectivity index (χ3n) is 6.06. The lowest BCUT2D eigenvalue weighted by atomic mass is 9.98. The monoisotopic (exact) mass is 413 g/mol. The highest BCUT2D eigenvalue weighted by atomic mass is 16.5. The van der Waals surface area contributed by atoms with Crippen LogP contribution in [0.4, 0.5) is 10.5 Å². The van der Waals surface area contributed by atoms with Crippen molar-refractivity contribution in [1.82, 2.24) is 20.1 Å². The number of aryl methyl sites for hydroxylation is 1. The summed E-state index contributed by atoms with van der Waals surface area (Å²) in [5.41, 5.74) is 1.33. The van der Waals surface area contributed by atoms with E-state index in [0.717, 1.165) is 18.4 Å². The Kier molecular flexibility index (Phi) is 5.19. The van der Waals surface area contributed by atoms with Crippen molar-refractivity contribution in [2.75, 3.05) is 39.2 Å². The molecule has 3 amide bonds. The molecule has 1 aromatic heterocycles. The Bertz CT molecular complexity index is 938. The molecule has 3 aliphatic rings. The number of carbonyl (C=O) groups is 2. The third kappa shape index (κ3) is 3.30. The number of aliphatic imine (C=N–C) groups is 2. The maximum atomic E-state index is 13.0. The summed E-state index contributed by atoms with van der Waals surface area (Å²) in [5, 5.41) is 5.77. The molecule has 0 aromatic carbocycles. The van der Waals surface area contributed by atoms with Crippen molar-refractivity contribution in [3.63, 3.8) is 0 Å². The fraction of sp³-hybridized carbons (Fsp3) is 0.550. The van der Waals surface area contributed by atoms with E-state index in [2.05, 4.69) is 20.6 Å². The molecule has 0 bridgehead atoms. The van der Waals surface area contributed by atoms with Gasteiger partial charge in [0, 0.05) is 33.4 Å². The van der Waals surface area contributed by atoms with Crippen LogP contribution in [0.2, 0.25) is 0 Å². The summed E-state index contributed by atoms with van der Waals surface area (Å²) in [6.07, 6.45) is 3.18. The van der Waals surface area contributed by atoms with Crippen molar-refractivity contribution in [2.24, 2.45) is 9.98 Å². The fourth-order valence-electron chi connectivity index (χ4n) is 3.99. The average Bonchev–Trinajstić information content (AvgIpc) is 2.95. The molecule has 0 radical (unpaired) electrons. The number of guanidine groups is 1. The van der Waals surface area contributed by atoms with Gasteiger partial charge in [-0.1, -0.05) is 0 Å². The van der Waals surface area contributed by atoms with E-state index >= 15 is 0 Å². The molecule has 0 spiro atoms. The molecule has 1 atom stereocenters. The fourth-order valence-corrected chi connectivity index (χ4v) is 3.99. The van der Waals surface area contributed by atoms with Gasteiger partial charge in [0.25, 0.3) is 5.91 Å². The Labute approximate surface area is 175 Å². The number of carbonyl (C=O) groups excluding carboxylic acids is 2. The minimum absolute atomic E-state index is 0.0487. The van der Waals surface area contributed by atoms with E-state index in [9.17, 15) is 9.59 Å². The lowest BCUT2D eigenvalue weighted by Crippen LogP contribution is -2.51. The van der Waals surface area contributed by atoms with Crippen LogP contribution in [0.1, 0.15) is 35.8 Å². The minimum Gasteiger partial charge on any atom is -0.381 e. The lowest BCUT2D eigenvalue weighted by molar-refractivity contribution is 0.0617. The Morgan fingerprint density at radius 2 is 2.07 bits per heavy atom. The smallest absolute Gasteiger partial charge is 0.326 e. The van der Waals surface area contributed by atoms with E-state index in [4.69, 9.17) is 9.73 Å². The van der Waals surface area contributed by atoms with Gasteiger partial charge in [-0.25, -0.2) is 14.8 Å². The molecule has 1 unspecified atom stereocenters. The summed E-state index contributed by atoms with van der Waals surface area (Å²) in [6, 6.07) is 1.74. The van der Waals surface area contributed by atoms with Crippen LogP contribution in [0, 0.1) is 6.92 Å². The van der Waals surface area contributed by atoms with E-state index < -0.39 is 5.54 Å². The lowest BCUT2D eigenvalue weighted by Gasteiger charge is -2.34. The highest BCUT2D eigenvalue weighted by Gasteiger charge is 2.54. The van der Waals surface area contributed by atoms with Crippen LogP contribution in [0.5, 0.6) is 0 Å². The van der Waals surface area contributed by atoms with E-state index in [0.29, 0.717) is 42.9 Å². The summed E-state index contributed by atoms with van der Waals surface area (Å²) in [6.45, 7) is 5.58. The van der Waals surface area contributed by atoms with Crippen LogP contribution in [-0.4, -0.2) is 84.0 Å². The zero-order valence-electron chi connectivity index (χ0n) is 17.7. The van der Waals surface area contributed by atoms with E-state index in [-0.39, 0.29) is 18.0 Å². The van der Waals surface area contributed by atoms with Gasteiger partial charge >= 0.3 is 6.03 Å². The number of amidine groups is 1. The second kappa shape index (κ2) is 7.67. The van der Waals surface area contributed by atoms with Crippen LogP contribution in [0.25, 0.3) is 0 Å². The summed E-state index contributed by atoms with van der Waals surface area (Å²) in [4.78, 5) is 41.9. The quantitative estimate of drug-likeness (QED) is 0.774. The van der Waals surface area contributed by atoms with Gasteiger partial charge in [0.05, 0.1) is 18.4 Å². The molecule has 2 saturated heterocycles. The van der Waals surface area contributed by atoms with Crippen LogP contribution in [0.15, 0.2) is 22.2 Å². The molecule has 10 nitrogen and oxygen atoms in total. The number of fused-ring (bicyclic) bond motifs is 1. The molecule has 3 aliphatic heterocycles. The molecule has 1 aromatic rings. The zero-order chi connectivity index (χ0) is 21.5. The van der Waals surface area contributed by atoms with Gasteiger partial charge in [0.1, 0.15) is 17.1 Å². The Hall–Kier alpha value is -3.01. The molecule has 2 N–H and O–H groups in total. The molecular weight excluding hydrogens is 386 g/mol. The molecule has 4 rings (SSSR count). The Morgan fingerprint density at radius 3 is 2.73 bits per heavy atom. The first-order valence-electron chi connectivity index (χ1n) is 10.1. The van der Waals surface area contributed by atoms with Gasteiger partial charge in [0.15, 0.2) is 0 Å². The van der Waals surface area contributed by atoms with Gasteiger partial charge < -0.3 is 20.3 Å². The molecule has 0 aliphatic carbocycles. The largest absolute Gasteiger partial charge is 0.381 e. The van der Waals surface area contributed by atoms with E-state index in [1.54, 1.807) is 31.3 Å². The van der Waals surface area contributed by atoms with Crippen molar-refractivity contribution in [3.8, 4) is 0 Å². The number of hydrogen-bond donors (Lipinski definition) is 2. The Balaban J connectivity index is 1.61. The number of anilines is 1. The average molecular weight is 413 g/mol. The summed E-state index contributed by atoms with van der Waals surface area (Å²) in [7, 11) is 3.37. The van der Waals surface area contributed by atoms with Gasteiger partial charge in [-0.2, -0.15) is 4.99 Å². The van der Waals surface area contributed by atoms with Crippen LogP contribution in [0.3, 0.4) is 0 Å². The molecular formula is C20H27N7O3. The highest BCUT2D eigenvalue weighted by molar-refractivity contribution is 6.16. The highest BCUT2D eigenvalue weighted by Crippen LogP contribution is 2.34. The Morgan fingerprint density at radius 1 is 1.33 bits per heavy atom. The number of ether oxygens (including phenoxy) is 1. The molecule has 160 valence electrons. The predicted molar refractivity (Wildman–Crippen MR) is 113 cm³/mol. The summed E-state index contributed by atoms with van der Waals surface area (Å²) >= 11 is 0.